The lowest BCUT2D eigenvalue weighted by Gasteiger charge is -2.21. The summed E-state index contributed by atoms with van der Waals surface area (Å²) in [5, 5.41) is 11.6. The highest BCUT2D eigenvalue weighted by atomic mass is 19.1. The van der Waals surface area contributed by atoms with Crippen LogP contribution in [0.3, 0.4) is 0 Å². The average Bonchev–Trinajstić information content (AvgIpc) is 2.34. The van der Waals surface area contributed by atoms with Crippen LogP contribution in [0.2, 0.25) is 0 Å². The molecule has 0 saturated heterocycles. The van der Waals surface area contributed by atoms with Gasteiger partial charge in [-0.05, 0) is 38.8 Å². The van der Waals surface area contributed by atoms with E-state index in [-0.39, 0.29) is 13.0 Å². The molecule has 0 heterocycles. The Kier molecular flexibility index (Phi) is 5.69. The number of hydrogen-bond acceptors (Lipinski definition) is 3. The molecule has 1 aromatic rings. The Morgan fingerprint density at radius 3 is 2.48 bits per heavy atom. The van der Waals surface area contributed by atoms with Gasteiger partial charge in [0.25, 0.3) is 0 Å². The molecule has 1 rings (SSSR count). The van der Waals surface area contributed by atoms with Gasteiger partial charge in [0.2, 0.25) is 0 Å². The first-order valence-corrected chi connectivity index (χ1v) is 6.62. The zero-order chi connectivity index (χ0) is 16.0. The molecule has 0 radical (unpaired) electrons. The Hall–Kier alpha value is -2.11. The number of alkyl carbamates (subject to hydrolysis) is 1. The SMILES string of the molecule is CC(C)(C)OC(=O)NC[C@H](Cc1ccccc1F)C(=O)O. The van der Waals surface area contributed by atoms with E-state index in [1.54, 1.807) is 26.8 Å². The van der Waals surface area contributed by atoms with Crippen molar-refractivity contribution in [2.45, 2.75) is 32.8 Å². The number of carboxylic acid groups (broad SMARTS) is 1. The second-order valence-electron chi connectivity index (χ2n) is 5.71. The zero-order valence-electron chi connectivity index (χ0n) is 12.4. The highest BCUT2D eigenvalue weighted by Crippen LogP contribution is 2.13. The monoisotopic (exact) mass is 297 g/mol. The van der Waals surface area contributed by atoms with Crippen LogP contribution in [0, 0.1) is 11.7 Å². The van der Waals surface area contributed by atoms with Crippen molar-refractivity contribution in [2.75, 3.05) is 6.54 Å². The number of ether oxygens (including phenoxy) is 1. The van der Waals surface area contributed by atoms with E-state index in [2.05, 4.69) is 5.32 Å². The van der Waals surface area contributed by atoms with E-state index in [0.717, 1.165) is 0 Å². The lowest BCUT2D eigenvalue weighted by molar-refractivity contribution is -0.141. The molecule has 0 aliphatic carbocycles. The molecular formula is C15H20FNO4. The van der Waals surface area contributed by atoms with Gasteiger partial charge in [-0.3, -0.25) is 4.79 Å². The van der Waals surface area contributed by atoms with Crippen LogP contribution in [-0.2, 0) is 16.0 Å². The maximum absolute atomic E-state index is 13.5. The Bertz CT molecular complexity index is 511. The predicted molar refractivity (Wildman–Crippen MR) is 75.5 cm³/mol. The van der Waals surface area contributed by atoms with Crippen molar-refractivity contribution in [3.8, 4) is 0 Å². The largest absolute Gasteiger partial charge is 0.481 e. The summed E-state index contributed by atoms with van der Waals surface area (Å²) in [4.78, 5) is 22.7. The first-order chi connectivity index (χ1) is 9.69. The Balaban J connectivity index is 2.61. The summed E-state index contributed by atoms with van der Waals surface area (Å²) in [6.07, 6.45) is -0.695. The molecule has 0 spiro atoms. The highest BCUT2D eigenvalue weighted by molar-refractivity contribution is 5.73. The van der Waals surface area contributed by atoms with Crippen LogP contribution >= 0.6 is 0 Å². The van der Waals surface area contributed by atoms with Gasteiger partial charge in [-0.25, -0.2) is 9.18 Å². The molecule has 116 valence electrons. The van der Waals surface area contributed by atoms with E-state index in [9.17, 15) is 14.0 Å². The van der Waals surface area contributed by atoms with Crippen molar-refractivity contribution in [1.82, 2.24) is 5.32 Å². The van der Waals surface area contributed by atoms with E-state index in [1.807, 2.05) is 0 Å². The number of halogens is 1. The fourth-order valence-corrected chi connectivity index (χ4v) is 1.70. The molecule has 1 atom stereocenters. The maximum atomic E-state index is 13.5. The van der Waals surface area contributed by atoms with E-state index < -0.39 is 29.4 Å². The van der Waals surface area contributed by atoms with Gasteiger partial charge in [0.1, 0.15) is 11.4 Å². The summed E-state index contributed by atoms with van der Waals surface area (Å²) in [5.74, 6) is -2.48. The molecule has 0 aliphatic heterocycles. The lowest BCUT2D eigenvalue weighted by Crippen LogP contribution is -2.37. The van der Waals surface area contributed by atoms with Gasteiger partial charge in [-0.15, -0.1) is 0 Å². The fraction of sp³-hybridized carbons (Fsp3) is 0.467. The van der Waals surface area contributed by atoms with Crippen LogP contribution in [0.15, 0.2) is 24.3 Å². The molecule has 0 saturated carbocycles. The number of carbonyl (C=O) groups excluding carboxylic acids is 1. The maximum Gasteiger partial charge on any atom is 0.407 e. The smallest absolute Gasteiger partial charge is 0.407 e. The van der Waals surface area contributed by atoms with Gasteiger partial charge in [0.05, 0.1) is 5.92 Å². The third-order valence-electron chi connectivity index (χ3n) is 2.67. The van der Waals surface area contributed by atoms with Gasteiger partial charge in [0.15, 0.2) is 0 Å². The van der Waals surface area contributed by atoms with Crippen molar-refractivity contribution < 1.29 is 23.8 Å². The molecule has 0 unspecified atom stereocenters. The first-order valence-electron chi connectivity index (χ1n) is 6.62. The Morgan fingerprint density at radius 1 is 1.33 bits per heavy atom. The highest BCUT2D eigenvalue weighted by Gasteiger charge is 2.22. The minimum absolute atomic E-state index is 0.00218. The van der Waals surface area contributed by atoms with Gasteiger partial charge in [-0.2, -0.15) is 0 Å². The molecule has 0 bridgehead atoms. The third kappa shape index (κ3) is 6.25. The van der Waals surface area contributed by atoms with Crippen LogP contribution in [0.1, 0.15) is 26.3 Å². The van der Waals surface area contributed by atoms with E-state index >= 15 is 0 Å². The quantitative estimate of drug-likeness (QED) is 0.876. The average molecular weight is 297 g/mol. The summed E-state index contributed by atoms with van der Waals surface area (Å²) < 4.78 is 18.6. The second kappa shape index (κ2) is 7.06. The summed E-state index contributed by atoms with van der Waals surface area (Å²) in [7, 11) is 0. The molecule has 2 N–H and O–H groups in total. The van der Waals surface area contributed by atoms with E-state index in [0.29, 0.717) is 5.56 Å². The predicted octanol–water partition coefficient (Wildman–Crippen LogP) is 2.59. The number of aliphatic carboxylic acids is 1. The molecular weight excluding hydrogens is 277 g/mol. The molecule has 0 aliphatic rings. The number of carbonyl (C=O) groups is 2. The number of nitrogens with one attached hydrogen (secondary N) is 1. The minimum Gasteiger partial charge on any atom is -0.481 e. The number of amides is 1. The Labute approximate surface area is 123 Å². The summed E-state index contributed by atoms with van der Waals surface area (Å²) in [6.45, 7) is 5.00. The normalized spacial score (nSPS) is 12.6. The van der Waals surface area contributed by atoms with Crippen LogP contribution in [-0.4, -0.2) is 29.3 Å². The molecule has 21 heavy (non-hydrogen) atoms. The minimum atomic E-state index is -1.10. The molecule has 0 fully saturated rings. The summed E-state index contributed by atoms with van der Waals surface area (Å²) >= 11 is 0. The van der Waals surface area contributed by atoms with Crippen LogP contribution in [0.25, 0.3) is 0 Å². The molecule has 0 aromatic heterocycles. The van der Waals surface area contributed by atoms with E-state index in [1.165, 1.54) is 18.2 Å². The van der Waals surface area contributed by atoms with Crippen molar-refractivity contribution in [3.63, 3.8) is 0 Å². The number of carboxylic acids is 1. The van der Waals surface area contributed by atoms with E-state index in [4.69, 9.17) is 9.84 Å². The molecule has 1 aromatic carbocycles. The summed E-state index contributed by atoms with van der Waals surface area (Å²) in [6, 6.07) is 5.97. The van der Waals surface area contributed by atoms with Gasteiger partial charge in [0, 0.05) is 6.54 Å². The second-order valence-corrected chi connectivity index (χ2v) is 5.71. The standard InChI is InChI=1S/C15H20FNO4/c1-15(2,3)21-14(20)17-9-11(13(18)19)8-10-6-4-5-7-12(10)16/h4-7,11H,8-9H2,1-3H3,(H,17,20)(H,18,19)/t11-/m0/s1. The molecule has 5 nitrogen and oxygen atoms in total. The summed E-state index contributed by atoms with van der Waals surface area (Å²) in [5.41, 5.74) is -0.357. The topological polar surface area (TPSA) is 75.6 Å². The van der Waals surface area contributed by atoms with Gasteiger partial charge in [-0.1, -0.05) is 18.2 Å². The fourth-order valence-electron chi connectivity index (χ4n) is 1.70. The molecule has 6 heteroatoms. The van der Waals surface area contributed by atoms with Crippen LogP contribution < -0.4 is 5.32 Å². The van der Waals surface area contributed by atoms with Gasteiger partial charge < -0.3 is 15.2 Å². The lowest BCUT2D eigenvalue weighted by atomic mass is 9.99. The zero-order valence-corrected chi connectivity index (χ0v) is 12.4. The number of hydrogen-bond donors (Lipinski definition) is 2. The van der Waals surface area contributed by atoms with Crippen LogP contribution in [0.4, 0.5) is 9.18 Å². The van der Waals surface area contributed by atoms with Crippen LogP contribution in [0.5, 0.6) is 0 Å². The van der Waals surface area contributed by atoms with Crippen molar-refractivity contribution in [2.24, 2.45) is 5.92 Å². The van der Waals surface area contributed by atoms with Gasteiger partial charge >= 0.3 is 12.1 Å². The van der Waals surface area contributed by atoms with Crippen molar-refractivity contribution in [3.05, 3.63) is 35.6 Å². The number of benzene rings is 1. The first kappa shape index (κ1) is 16.9. The van der Waals surface area contributed by atoms with Crippen molar-refractivity contribution >= 4 is 12.1 Å². The Morgan fingerprint density at radius 2 is 1.95 bits per heavy atom. The molecule has 1 amide bonds. The third-order valence-corrected chi connectivity index (χ3v) is 2.67. The van der Waals surface area contributed by atoms with Crippen molar-refractivity contribution in [1.29, 1.82) is 0 Å². The number of rotatable bonds is 5.